The number of carbonyl (C=O) groups excluding carboxylic acids is 1. The molecule has 1 saturated heterocycles. The maximum absolute atomic E-state index is 13.9. The number of urea groups is 1. The van der Waals surface area contributed by atoms with Gasteiger partial charge in [-0.1, -0.05) is 17.3 Å². The lowest BCUT2D eigenvalue weighted by molar-refractivity contribution is 0.193. The minimum absolute atomic E-state index is 0.00300. The van der Waals surface area contributed by atoms with Gasteiger partial charge in [0, 0.05) is 12.6 Å². The largest absolute Gasteiger partial charge is 0.337 e. The van der Waals surface area contributed by atoms with Crippen LogP contribution in [0.2, 0.25) is 0 Å². The normalized spacial score (nSPS) is 16.4. The van der Waals surface area contributed by atoms with Crippen molar-refractivity contribution in [2.24, 2.45) is 0 Å². The third-order valence-corrected chi connectivity index (χ3v) is 4.53. The Bertz CT molecular complexity index is 1020. The molecule has 0 spiro atoms. The molecule has 1 unspecified atom stereocenters. The predicted octanol–water partition coefficient (Wildman–Crippen LogP) is 4.52. The molecule has 4 rings (SSSR count). The van der Waals surface area contributed by atoms with Gasteiger partial charge in [-0.3, -0.25) is 0 Å². The molecule has 1 atom stereocenters. The maximum Gasteiger partial charge on any atom is 0.322 e. The fourth-order valence-corrected chi connectivity index (χ4v) is 3.17. The van der Waals surface area contributed by atoms with Crippen LogP contribution in [0.5, 0.6) is 0 Å². The van der Waals surface area contributed by atoms with E-state index in [1.54, 1.807) is 6.07 Å². The van der Waals surface area contributed by atoms with E-state index in [1.165, 1.54) is 29.2 Å². The molecule has 1 aliphatic rings. The Morgan fingerprint density at radius 1 is 1.14 bits per heavy atom. The number of para-hydroxylation sites is 1. The molecule has 28 heavy (non-hydrogen) atoms. The Balaban J connectivity index is 1.55. The van der Waals surface area contributed by atoms with Gasteiger partial charge in [-0.2, -0.15) is 4.98 Å². The van der Waals surface area contributed by atoms with Gasteiger partial charge >= 0.3 is 6.03 Å². The molecule has 2 heterocycles. The lowest BCUT2D eigenvalue weighted by Crippen LogP contribution is -2.34. The molecule has 1 N–H and O–H groups in total. The van der Waals surface area contributed by atoms with E-state index in [0.717, 1.165) is 12.1 Å². The van der Waals surface area contributed by atoms with Crippen LogP contribution in [0.3, 0.4) is 0 Å². The fraction of sp³-hybridized carbons (Fsp3) is 0.211. The van der Waals surface area contributed by atoms with E-state index >= 15 is 0 Å². The summed E-state index contributed by atoms with van der Waals surface area (Å²) in [4.78, 5) is 18.2. The predicted molar refractivity (Wildman–Crippen MR) is 93.7 cm³/mol. The molecule has 1 aromatic heterocycles. The molecule has 3 aromatic rings. The Morgan fingerprint density at radius 3 is 2.75 bits per heavy atom. The summed E-state index contributed by atoms with van der Waals surface area (Å²) in [5, 5.41) is 6.27. The van der Waals surface area contributed by atoms with Crippen LogP contribution in [-0.2, 0) is 0 Å². The Labute approximate surface area is 158 Å². The number of nitrogens with one attached hydrogen (secondary N) is 1. The third-order valence-electron chi connectivity index (χ3n) is 4.53. The van der Waals surface area contributed by atoms with Gasteiger partial charge in [-0.15, -0.1) is 0 Å². The summed E-state index contributed by atoms with van der Waals surface area (Å²) in [5.41, 5.74) is 0.0644. The third kappa shape index (κ3) is 3.42. The van der Waals surface area contributed by atoms with E-state index in [2.05, 4.69) is 15.5 Å². The van der Waals surface area contributed by atoms with Crippen molar-refractivity contribution in [3.63, 3.8) is 0 Å². The first-order valence-corrected chi connectivity index (χ1v) is 8.64. The van der Waals surface area contributed by atoms with Gasteiger partial charge in [-0.05, 0) is 37.1 Å². The van der Waals surface area contributed by atoms with Crippen LogP contribution in [0, 0.1) is 17.5 Å². The molecular weight excluding hydrogens is 373 g/mol. The molecule has 6 nitrogen and oxygen atoms in total. The molecule has 2 amide bonds. The standard InChI is InChI=1S/C19H15F3N4O2/c20-11-7-8-12(14(22)10-11)17-24-18(28-25-17)16-6-3-9-26(16)19(27)23-15-5-2-1-4-13(15)21/h1-2,4-5,7-8,10,16H,3,6,9H2,(H,23,27). The molecule has 0 aliphatic carbocycles. The van der Waals surface area contributed by atoms with E-state index in [4.69, 9.17) is 4.52 Å². The number of likely N-dealkylation sites (tertiary alicyclic amines) is 1. The van der Waals surface area contributed by atoms with Crippen molar-refractivity contribution in [2.75, 3.05) is 11.9 Å². The second-order valence-corrected chi connectivity index (χ2v) is 6.34. The highest BCUT2D eigenvalue weighted by Crippen LogP contribution is 2.33. The molecule has 1 aliphatic heterocycles. The van der Waals surface area contributed by atoms with E-state index in [-0.39, 0.29) is 23.0 Å². The maximum atomic E-state index is 13.9. The van der Waals surface area contributed by atoms with Crippen molar-refractivity contribution < 1.29 is 22.5 Å². The van der Waals surface area contributed by atoms with Gasteiger partial charge in [0.25, 0.3) is 0 Å². The number of amides is 2. The number of halogens is 3. The van der Waals surface area contributed by atoms with E-state index < -0.39 is 29.5 Å². The molecule has 144 valence electrons. The number of hydrogen-bond donors (Lipinski definition) is 1. The zero-order chi connectivity index (χ0) is 19.7. The van der Waals surface area contributed by atoms with Crippen molar-refractivity contribution in [1.82, 2.24) is 15.0 Å². The van der Waals surface area contributed by atoms with Gasteiger partial charge in [0.05, 0.1) is 11.3 Å². The highest BCUT2D eigenvalue weighted by molar-refractivity contribution is 5.89. The van der Waals surface area contributed by atoms with Crippen LogP contribution in [0.4, 0.5) is 23.7 Å². The first-order valence-electron chi connectivity index (χ1n) is 8.64. The number of nitrogens with zero attached hydrogens (tertiary/aromatic N) is 3. The second kappa shape index (κ2) is 7.34. The fourth-order valence-electron chi connectivity index (χ4n) is 3.17. The smallest absolute Gasteiger partial charge is 0.322 e. The zero-order valence-corrected chi connectivity index (χ0v) is 14.5. The molecule has 1 fully saturated rings. The van der Waals surface area contributed by atoms with Crippen LogP contribution in [0.15, 0.2) is 47.0 Å². The van der Waals surface area contributed by atoms with Crippen molar-refractivity contribution >= 4 is 11.7 Å². The lowest BCUT2D eigenvalue weighted by atomic mass is 10.2. The Hall–Kier alpha value is -3.36. The summed E-state index contributed by atoms with van der Waals surface area (Å²) in [5.74, 6) is -1.96. The molecular formula is C19H15F3N4O2. The minimum Gasteiger partial charge on any atom is -0.337 e. The number of hydrogen-bond acceptors (Lipinski definition) is 4. The second-order valence-electron chi connectivity index (χ2n) is 6.34. The summed E-state index contributed by atoms with van der Waals surface area (Å²) >= 11 is 0. The number of aromatic nitrogens is 2. The molecule has 0 radical (unpaired) electrons. The lowest BCUT2D eigenvalue weighted by Gasteiger charge is -2.22. The quantitative estimate of drug-likeness (QED) is 0.716. The summed E-state index contributed by atoms with van der Waals surface area (Å²) in [6.07, 6.45) is 1.26. The first-order chi connectivity index (χ1) is 13.5. The summed E-state index contributed by atoms with van der Waals surface area (Å²) in [6, 6.07) is 7.87. The van der Waals surface area contributed by atoms with Crippen molar-refractivity contribution in [3.05, 3.63) is 65.8 Å². The van der Waals surface area contributed by atoms with Crippen LogP contribution < -0.4 is 5.32 Å². The van der Waals surface area contributed by atoms with Gasteiger partial charge in [0.15, 0.2) is 0 Å². The van der Waals surface area contributed by atoms with Gasteiger partial charge in [0.2, 0.25) is 11.7 Å². The highest BCUT2D eigenvalue weighted by Gasteiger charge is 2.34. The zero-order valence-electron chi connectivity index (χ0n) is 14.5. The van der Waals surface area contributed by atoms with E-state index in [0.29, 0.717) is 19.4 Å². The Kier molecular flexibility index (Phi) is 4.72. The van der Waals surface area contributed by atoms with Gasteiger partial charge in [0.1, 0.15) is 23.5 Å². The van der Waals surface area contributed by atoms with Crippen LogP contribution >= 0.6 is 0 Å². The van der Waals surface area contributed by atoms with Gasteiger partial charge in [-0.25, -0.2) is 18.0 Å². The Morgan fingerprint density at radius 2 is 1.96 bits per heavy atom. The SMILES string of the molecule is O=C(Nc1ccccc1F)N1CCCC1c1nc(-c2ccc(F)cc2F)no1. The number of anilines is 1. The first kappa shape index (κ1) is 18.0. The van der Waals surface area contributed by atoms with Crippen LogP contribution in [-0.4, -0.2) is 27.6 Å². The highest BCUT2D eigenvalue weighted by atomic mass is 19.1. The topological polar surface area (TPSA) is 71.3 Å². The van der Waals surface area contributed by atoms with Crippen molar-refractivity contribution in [2.45, 2.75) is 18.9 Å². The van der Waals surface area contributed by atoms with Crippen molar-refractivity contribution in [3.8, 4) is 11.4 Å². The molecule has 0 saturated carbocycles. The van der Waals surface area contributed by atoms with E-state index in [1.807, 2.05) is 0 Å². The monoisotopic (exact) mass is 388 g/mol. The number of rotatable bonds is 3. The van der Waals surface area contributed by atoms with Crippen molar-refractivity contribution in [1.29, 1.82) is 0 Å². The average Bonchev–Trinajstić information content (AvgIpc) is 3.32. The van der Waals surface area contributed by atoms with Gasteiger partial charge < -0.3 is 14.7 Å². The number of benzene rings is 2. The molecule has 0 bridgehead atoms. The summed E-state index contributed by atoms with van der Waals surface area (Å²) in [6.45, 7) is 0.424. The summed E-state index contributed by atoms with van der Waals surface area (Å²) < 4.78 is 46.0. The summed E-state index contributed by atoms with van der Waals surface area (Å²) in [7, 11) is 0. The van der Waals surface area contributed by atoms with Crippen LogP contribution in [0.1, 0.15) is 24.8 Å². The number of carbonyl (C=O) groups is 1. The molecule has 9 heteroatoms. The van der Waals surface area contributed by atoms with E-state index in [9.17, 15) is 18.0 Å². The van der Waals surface area contributed by atoms with Crippen LogP contribution in [0.25, 0.3) is 11.4 Å². The minimum atomic E-state index is -0.812. The molecule has 2 aromatic carbocycles. The average molecular weight is 388 g/mol.